The van der Waals surface area contributed by atoms with Crippen LogP contribution in [-0.4, -0.2) is 19.4 Å². The molecule has 1 aromatic heterocycles. The molecule has 1 atom stereocenters. The number of hydrogen-bond acceptors (Lipinski definition) is 5. The molecule has 1 aromatic rings. The molecule has 1 unspecified atom stereocenters. The predicted octanol–water partition coefficient (Wildman–Crippen LogP) is 1.60. The number of hydrogen-bond donors (Lipinski definition) is 3. The minimum absolute atomic E-state index is 0.0482. The van der Waals surface area contributed by atoms with Crippen LogP contribution in [0, 0.1) is 5.92 Å². The zero-order chi connectivity index (χ0) is 14.0. The van der Waals surface area contributed by atoms with E-state index in [1.807, 2.05) is 6.92 Å². The molecule has 1 aliphatic rings. The number of nitrogen functional groups attached to an aromatic ring is 1. The second-order valence-electron chi connectivity index (χ2n) is 4.85. The van der Waals surface area contributed by atoms with Crippen LogP contribution in [0.25, 0.3) is 0 Å². The maximum absolute atomic E-state index is 12.3. The molecule has 0 bridgehead atoms. The highest BCUT2D eigenvalue weighted by Crippen LogP contribution is 2.33. The molecule has 0 aliphatic heterocycles. The second kappa shape index (κ2) is 5.74. The van der Waals surface area contributed by atoms with Gasteiger partial charge in [-0.1, -0.05) is 12.8 Å². The first-order valence-electron chi connectivity index (χ1n) is 6.07. The largest absolute Gasteiger partial charge is 0.307 e. The van der Waals surface area contributed by atoms with Crippen molar-refractivity contribution in [1.82, 2.24) is 9.71 Å². The zero-order valence-corrected chi connectivity index (χ0v) is 13.0. The highest BCUT2D eigenvalue weighted by atomic mass is 79.9. The van der Waals surface area contributed by atoms with Gasteiger partial charge in [-0.25, -0.2) is 24.0 Å². The quantitative estimate of drug-likeness (QED) is 0.535. The number of nitrogens with one attached hydrogen (secondary N) is 2. The van der Waals surface area contributed by atoms with E-state index < -0.39 is 10.0 Å². The van der Waals surface area contributed by atoms with Crippen LogP contribution in [0.1, 0.15) is 26.2 Å². The average Bonchev–Trinajstić information content (AvgIpc) is 3.12. The van der Waals surface area contributed by atoms with Gasteiger partial charge in [-0.15, -0.1) is 0 Å². The number of pyridine rings is 1. The number of rotatable bonds is 6. The number of aromatic nitrogens is 1. The summed E-state index contributed by atoms with van der Waals surface area (Å²) in [4.78, 5) is 3.99. The van der Waals surface area contributed by atoms with E-state index in [0.717, 1.165) is 6.42 Å². The van der Waals surface area contributed by atoms with Crippen LogP contribution in [-0.2, 0) is 10.0 Å². The maximum Gasteiger partial charge on any atom is 0.244 e. The van der Waals surface area contributed by atoms with Crippen molar-refractivity contribution in [2.45, 2.75) is 37.1 Å². The molecule has 19 heavy (non-hydrogen) atoms. The monoisotopic (exact) mass is 348 g/mol. The van der Waals surface area contributed by atoms with E-state index in [-0.39, 0.29) is 16.8 Å². The normalized spacial score (nSPS) is 17.2. The van der Waals surface area contributed by atoms with Crippen molar-refractivity contribution in [3.05, 3.63) is 16.7 Å². The zero-order valence-electron chi connectivity index (χ0n) is 10.6. The van der Waals surface area contributed by atoms with Gasteiger partial charge >= 0.3 is 0 Å². The third-order valence-corrected chi connectivity index (χ3v) is 5.02. The Morgan fingerprint density at radius 1 is 1.58 bits per heavy atom. The molecule has 6 nitrogen and oxygen atoms in total. The Morgan fingerprint density at radius 3 is 2.84 bits per heavy atom. The third-order valence-electron chi connectivity index (χ3n) is 2.99. The highest BCUT2D eigenvalue weighted by molar-refractivity contribution is 9.10. The fourth-order valence-corrected chi connectivity index (χ4v) is 3.85. The molecule has 0 saturated heterocycles. The molecular formula is C11H17BrN4O2S. The summed E-state index contributed by atoms with van der Waals surface area (Å²) in [6.45, 7) is 1.87. The standard InChI is InChI=1S/C11H17BrN4O2S/c1-7(4-8-2-3-8)16-19(17,18)10-5-9(12)6-14-11(10)15-13/h5-8,16H,2-4,13H2,1H3,(H,14,15). The fourth-order valence-electron chi connectivity index (χ4n) is 1.96. The number of anilines is 1. The minimum atomic E-state index is -3.63. The molecule has 0 amide bonds. The first-order chi connectivity index (χ1) is 8.92. The summed E-state index contributed by atoms with van der Waals surface area (Å²) in [5, 5.41) is 0. The average molecular weight is 349 g/mol. The summed E-state index contributed by atoms with van der Waals surface area (Å²) in [6, 6.07) is 1.39. The van der Waals surface area contributed by atoms with E-state index in [0.29, 0.717) is 10.4 Å². The van der Waals surface area contributed by atoms with Crippen LogP contribution >= 0.6 is 15.9 Å². The van der Waals surface area contributed by atoms with Crippen LogP contribution in [0.3, 0.4) is 0 Å². The number of nitrogens with two attached hydrogens (primary N) is 1. The number of hydrazine groups is 1. The van der Waals surface area contributed by atoms with Crippen LogP contribution in [0.15, 0.2) is 21.6 Å². The van der Waals surface area contributed by atoms with Crippen molar-refractivity contribution in [2.75, 3.05) is 5.43 Å². The van der Waals surface area contributed by atoms with Crippen molar-refractivity contribution < 1.29 is 8.42 Å². The highest BCUT2D eigenvalue weighted by Gasteiger charge is 2.27. The van der Waals surface area contributed by atoms with Crippen LogP contribution < -0.4 is 16.0 Å². The Labute approximate surface area is 121 Å². The van der Waals surface area contributed by atoms with Gasteiger partial charge in [0.05, 0.1) is 0 Å². The van der Waals surface area contributed by atoms with Crippen molar-refractivity contribution in [1.29, 1.82) is 0 Å². The Kier molecular flexibility index (Phi) is 4.44. The first-order valence-corrected chi connectivity index (χ1v) is 8.34. The number of nitrogens with zero attached hydrogens (tertiary/aromatic N) is 1. The van der Waals surface area contributed by atoms with Gasteiger partial charge in [0.1, 0.15) is 4.90 Å². The van der Waals surface area contributed by atoms with Gasteiger partial charge in [-0.2, -0.15) is 0 Å². The summed E-state index contributed by atoms with van der Waals surface area (Å²) < 4.78 is 27.9. The lowest BCUT2D eigenvalue weighted by molar-refractivity contribution is 0.530. The van der Waals surface area contributed by atoms with Gasteiger partial charge in [0.15, 0.2) is 5.82 Å². The molecule has 106 valence electrons. The SMILES string of the molecule is CC(CC1CC1)NS(=O)(=O)c1cc(Br)cnc1NN. The molecule has 0 radical (unpaired) electrons. The minimum Gasteiger partial charge on any atom is -0.307 e. The van der Waals surface area contributed by atoms with Crippen molar-refractivity contribution in [2.24, 2.45) is 11.8 Å². The summed E-state index contributed by atoms with van der Waals surface area (Å²) in [5.41, 5.74) is 2.30. The molecule has 0 aromatic carbocycles. The van der Waals surface area contributed by atoms with Crippen LogP contribution in [0.5, 0.6) is 0 Å². The fraction of sp³-hybridized carbons (Fsp3) is 0.545. The third kappa shape index (κ3) is 3.88. The van der Waals surface area contributed by atoms with Crippen LogP contribution in [0.2, 0.25) is 0 Å². The smallest absolute Gasteiger partial charge is 0.244 e. The van der Waals surface area contributed by atoms with E-state index in [1.54, 1.807) is 0 Å². The molecule has 8 heteroatoms. The molecule has 1 heterocycles. The molecule has 2 rings (SSSR count). The van der Waals surface area contributed by atoms with Gasteiger partial charge in [0.25, 0.3) is 0 Å². The van der Waals surface area contributed by atoms with E-state index >= 15 is 0 Å². The number of sulfonamides is 1. The Morgan fingerprint density at radius 2 is 2.26 bits per heavy atom. The molecule has 1 saturated carbocycles. The summed E-state index contributed by atoms with van der Waals surface area (Å²) >= 11 is 3.21. The maximum atomic E-state index is 12.3. The van der Waals surface area contributed by atoms with E-state index in [4.69, 9.17) is 5.84 Å². The van der Waals surface area contributed by atoms with E-state index in [9.17, 15) is 8.42 Å². The van der Waals surface area contributed by atoms with Gasteiger partial charge in [0, 0.05) is 16.7 Å². The Balaban J connectivity index is 2.19. The van der Waals surface area contributed by atoms with Crippen LogP contribution in [0.4, 0.5) is 5.82 Å². The van der Waals surface area contributed by atoms with Gasteiger partial charge in [0.2, 0.25) is 10.0 Å². The topological polar surface area (TPSA) is 97.1 Å². The second-order valence-corrected chi connectivity index (χ2v) is 7.44. The molecule has 4 N–H and O–H groups in total. The Hall–Kier alpha value is -0.700. The summed E-state index contributed by atoms with van der Waals surface area (Å²) in [5.74, 6) is 6.09. The lowest BCUT2D eigenvalue weighted by Gasteiger charge is -2.15. The lowest BCUT2D eigenvalue weighted by atomic mass is 10.2. The molecule has 1 aliphatic carbocycles. The molecular weight excluding hydrogens is 332 g/mol. The van der Waals surface area contributed by atoms with Crippen molar-refractivity contribution in [3.63, 3.8) is 0 Å². The first kappa shape index (κ1) is 14.7. The lowest BCUT2D eigenvalue weighted by Crippen LogP contribution is -2.33. The molecule has 1 fully saturated rings. The summed E-state index contributed by atoms with van der Waals surface area (Å²) in [6.07, 6.45) is 4.74. The van der Waals surface area contributed by atoms with Gasteiger partial charge in [-0.3, -0.25) is 0 Å². The van der Waals surface area contributed by atoms with Gasteiger partial charge in [-0.05, 0) is 41.3 Å². The van der Waals surface area contributed by atoms with E-state index in [2.05, 4.69) is 31.1 Å². The molecule has 0 spiro atoms. The number of halogens is 1. The van der Waals surface area contributed by atoms with Crippen molar-refractivity contribution >= 4 is 31.8 Å². The Bertz CT molecular complexity index is 560. The van der Waals surface area contributed by atoms with Crippen molar-refractivity contribution in [3.8, 4) is 0 Å². The van der Waals surface area contributed by atoms with Gasteiger partial charge < -0.3 is 5.43 Å². The van der Waals surface area contributed by atoms with E-state index in [1.165, 1.54) is 25.1 Å². The predicted molar refractivity (Wildman–Crippen MR) is 76.9 cm³/mol. The summed E-state index contributed by atoms with van der Waals surface area (Å²) in [7, 11) is -3.63.